The van der Waals surface area contributed by atoms with Crippen molar-refractivity contribution in [3.63, 3.8) is 0 Å². The van der Waals surface area contributed by atoms with Gasteiger partial charge < -0.3 is 9.15 Å². The van der Waals surface area contributed by atoms with Crippen LogP contribution in [0.1, 0.15) is 5.56 Å². The highest BCUT2D eigenvalue weighted by atomic mass is 19.1. The van der Waals surface area contributed by atoms with E-state index in [1.54, 1.807) is 6.07 Å². The minimum atomic E-state index is -0.657. The fourth-order valence-corrected chi connectivity index (χ4v) is 1.34. The molecule has 2 rings (SSSR count). The fourth-order valence-electron chi connectivity index (χ4n) is 1.34. The van der Waals surface area contributed by atoms with Gasteiger partial charge in [0.25, 0.3) is 0 Å². The lowest BCUT2D eigenvalue weighted by atomic mass is 10.1. The van der Waals surface area contributed by atoms with E-state index in [9.17, 15) is 4.39 Å². The molecule has 80 valence electrons. The van der Waals surface area contributed by atoms with Crippen LogP contribution in [0, 0.1) is 17.1 Å². The number of benzene rings is 1. The van der Waals surface area contributed by atoms with Crippen molar-refractivity contribution in [3.8, 4) is 23.3 Å². The minimum absolute atomic E-state index is 0.127. The summed E-state index contributed by atoms with van der Waals surface area (Å²) in [5.41, 5.74) is 0.302. The van der Waals surface area contributed by atoms with Gasteiger partial charge in [-0.25, -0.2) is 9.37 Å². The average molecular weight is 218 g/mol. The predicted octanol–water partition coefficient (Wildman–Crippen LogP) is 2.36. The number of aromatic nitrogens is 1. The molecule has 0 saturated heterocycles. The maximum absolute atomic E-state index is 13.5. The zero-order valence-corrected chi connectivity index (χ0v) is 8.40. The van der Waals surface area contributed by atoms with Gasteiger partial charge in [0, 0.05) is 5.56 Å². The number of nitrogens with zero attached hydrogens (tertiary/aromatic N) is 2. The Morgan fingerprint density at radius 3 is 2.88 bits per heavy atom. The van der Waals surface area contributed by atoms with E-state index < -0.39 is 5.82 Å². The lowest BCUT2D eigenvalue weighted by Gasteiger charge is -2.05. The summed E-state index contributed by atoms with van der Waals surface area (Å²) in [7, 11) is 1.37. The van der Waals surface area contributed by atoms with Crippen LogP contribution in [-0.4, -0.2) is 12.1 Å². The third-order valence-electron chi connectivity index (χ3n) is 2.07. The molecule has 0 aliphatic heterocycles. The molecule has 1 aromatic heterocycles. The molecule has 0 bridgehead atoms. The third kappa shape index (κ3) is 1.61. The first-order chi connectivity index (χ1) is 7.76. The first kappa shape index (κ1) is 10.2. The number of nitriles is 1. The van der Waals surface area contributed by atoms with E-state index in [0.29, 0.717) is 5.56 Å². The van der Waals surface area contributed by atoms with Gasteiger partial charge in [-0.1, -0.05) is 0 Å². The highest BCUT2D eigenvalue weighted by molar-refractivity contribution is 5.60. The van der Waals surface area contributed by atoms with Gasteiger partial charge in [-0.05, 0) is 12.1 Å². The van der Waals surface area contributed by atoms with E-state index in [0.717, 1.165) is 0 Å². The molecule has 16 heavy (non-hydrogen) atoms. The van der Waals surface area contributed by atoms with E-state index >= 15 is 0 Å². The number of methoxy groups -OCH3 is 1. The van der Waals surface area contributed by atoms with E-state index in [2.05, 4.69) is 4.98 Å². The number of rotatable bonds is 2. The van der Waals surface area contributed by atoms with Gasteiger partial charge in [-0.15, -0.1) is 0 Å². The summed E-state index contributed by atoms with van der Waals surface area (Å²) in [6.07, 6.45) is 2.84. The van der Waals surface area contributed by atoms with Crippen molar-refractivity contribution in [2.24, 2.45) is 0 Å². The van der Waals surface area contributed by atoms with Crippen LogP contribution in [0.3, 0.4) is 0 Å². The standard InChI is InChI=1S/C11H7FN2O2/c1-15-10-5-7(11-14-2-3-16-11)4-9(12)8(10)6-13/h2-5H,1H3. The highest BCUT2D eigenvalue weighted by Crippen LogP contribution is 2.28. The molecule has 0 spiro atoms. The molecule has 5 heteroatoms. The van der Waals surface area contributed by atoms with E-state index in [1.807, 2.05) is 0 Å². The van der Waals surface area contributed by atoms with Gasteiger partial charge in [-0.3, -0.25) is 0 Å². The summed E-state index contributed by atoms with van der Waals surface area (Å²) < 4.78 is 23.5. The smallest absolute Gasteiger partial charge is 0.226 e. The molecule has 0 saturated carbocycles. The van der Waals surface area contributed by atoms with Crippen molar-refractivity contribution in [2.45, 2.75) is 0 Å². The highest BCUT2D eigenvalue weighted by Gasteiger charge is 2.14. The quantitative estimate of drug-likeness (QED) is 0.776. The van der Waals surface area contributed by atoms with Gasteiger partial charge in [-0.2, -0.15) is 5.26 Å². The van der Waals surface area contributed by atoms with Crippen LogP contribution in [0.15, 0.2) is 29.0 Å². The van der Waals surface area contributed by atoms with Crippen molar-refractivity contribution >= 4 is 0 Å². The molecule has 0 unspecified atom stereocenters. The van der Waals surface area contributed by atoms with Crippen LogP contribution in [0.2, 0.25) is 0 Å². The van der Waals surface area contributed by atoms with Crippen molar-refractivity contribution in [3.05, 3.63) is 36.0 Å². The molecule has 0 amide bonds. The van der Waals surface area contributed by atoms with Crippen molar-refractivity contribution in [1.29, 1.82) is 5.26 Å². The SMILES string of the molecule is COc1cc(-c2ncco2)cc(F)c1C#N. The second-order valence-corrected chi connectivity index (χ2v) is 2.98. The van der Waals surface area contributed by atoms with Crippen LogP contribution in [0.4, 0.5) is 4.39 Å². The van der Waals surface area contributed by atoms with Crippen LogP contribution in [-0.2, 0) is 0 Å². The molecule has 2 aromatic rings. The summed E-state index contributed by atoms with van der Waals surface area (Å²) in [6, 6.07) is 4.43. The van der Waals surface area contributed by atoms with Gasteiger partial charge in [0.15, 0.2) is 0 Å². The largest absolute Gasteiger partial charge is 0.495 e. The van der Waals surface area contributed by atoms with Crippen LogP contribution in [0.25, 0.3) is 11.5 Å². The Kier molecular flexibility index (Phi) is 2.56. The van der Waals surface area contributed by atoms with E-state index in [1.165, 1.54) is 31.7 Å². The first-order valence-corrected chi connectivity index (χ1v) is 4.43. The van der Waals surface area contributed by atoms with Crippen molar-refractivity contribution in [2.75, 3.05) is 7.11 Å². The summed E-state index contributed by atoms with van der Waals surface area (Å²) in [5, 5.41) is 8.74. The van der Waals surface area contributed by atoms with Gasteiger partial charge in [0.2, 0.25) is 5.89 Å². The molecule has 1 heterocycles. The Morgan fingerprint density at radius 2 is 2.31 bits per heavy atom. The lowest BCUT2D eigenvalue weighted by molar-refractivity contribution is 0.409. The molecule has 0 fully saturated rings. The monoisotopic (exact) mass is 218 g/mol. The first-order valence-electron chi connectivity index (χ1n) is 4.43. The number of ether oxygens (including phenoxy) is 1. The van der Waals surface area contributed by atoms with Gasteiger partial charge >= 0.3 is 0 Å². The summed E-state index contributed by atoms with van der Waals surface area (Å²) in [4.78, 5) is 3.89. The van der Waals surface area contributed by atoms with Gasteiger partial charge in [0.1, 0.15) is 29.5 Å². The molecule has 0 radical (unpaired) electrons. The van der Waals surface area contributed by atoms with Gasteiger partial charge in [0.05, 0.1) is 13.3 Å². The Labute approximate surface area is 90.9 Å². The van der Waals surface area contributed by atoms with Crippen molar-refractivity contribution in [1.82, 2.24) is 4.98 Å². The van der Waals surface area contributed by atoms with Crippen molar-refractivity contribution < 1.29 is 13.5 Å². The Balaban J connectivity index is 2.60. The Morgan fingerprint density at radius 1 is 1.50 bits per heavy atom. The second kappa shape index (κ2) is 4.03. The number of hydrogen-bond acceptors (Lipinski definition) is 4. The molecule has 0 N–H and O–H groups in total. The van der Waals surface area contributed by atoms with Crippen LogP contribution in [0.5, 0.6) is 5.75 Å². The molecule has 4 nitrogen and oxygen atoms in total. The zero-order valence-electron chi connectivity index (χ0n) is 8.40. The van der Waals surface area contributed by atoms with E-state index in [4.69, 9.17) is 14.4 Å². The lowest BCUT2D eigenvalue weighted by Crippen LogP contribution is -1.93. The second-order valence-electron chi connectivity index (χ2n) is 2.98. The summed E-state index contributed by atoms with van der Waals surface area (Å²) >= 11 is 0. The molecule has 0 aliphatic rings. The number of oxazole rings is 1. The Hall–Kier alpha value is -2.35. The molecular formula is C11H7FN2O2. The molecule has 0 aliphatic carbocycles. The average Bonchev–Trinajstić information content (AvgIpc) is 2.81. The maximum Gasteiger partial charge on any atom is 0.226 e. The predicted molar refractivity (Wildman–Crippen MR) is 53.2 cm³/mol. The molecule has 0 atom stereocenters. The topological polar surface area (TPSA) is 59.1 Å². The third-order valence-corrected chi connectivity index (χ3v) is 2.07. The fraction of sp³-hybridized carbons (Fsp3) is 0.0909. The Bertz CT molecular complexity index is 544. The van der Waals surface area contributed by atoms with Crippen LogP contribution >= 0.6 is 0 Å². The zero-order chi connectivity index (χ0) is 11.5. The molecule has 1 aromatic carbocycles. The molecular weight excluding hydrogens is 211 g/mol. The number of hydrogen-bond donors (Lipinski definition) is 0. The normalized spacial score (nSPS) is 9.81. The van der Waals surface area contributed by atoms with E-state index in [-0.39, 0.29) is 17.2 Å². The van der Waals surface area contributed by atoms with Crippen LogP contribution < -0.4 is 4.74 Å². The number of halogens is 1. The maximum atomic E-state index is 13.5. The minimum Gasteiger partial charge on any atom is -0.495 e. The summed E-state index contributed by atoms with van der Waals surface area (Å²) in [5.74, 6) is -0.215. The summed E-state index contributed by atoms with van der Waals surface area (Å²) in [6.45, 7) is 0.